The lowest BCUT2D eigenvalue weighted by molar-refractivity contribution is -0.0189. The second-order valence-electron chi connectivity index (χ2n) is 4.12. The van der Waals surface area contributed by atoms with E-state index in [-0.39, 0.29) is 6.10 Å². The Morgan fingerprint density at radius 3 is 2.39 bits per heavy atom. The Balaban J connectivity index is 2.99. The minimum Gasteiger partial charge on any atom is -0.497 e. The average molecular weight is 254 g/mol. The first-order valence-electron chi connectivity index (χ1n) is 6.10. The van der Waals surface area contributed by atoms with Gasteiger partial charge in [0.05, 0.1) is 20.3 Å². The highest BCUT2D eigenvalue weighted by Gasteiger charge is 2.23. The number of hydrogen-bond acceptors (Lipinski definition) is 4. The first-order valence-corrected chi connectivity index (χ1v) is 6.10. The van der Waals surface area contributed by atoms with Crippen LogP contribution in [0.25, 0.3) is 0 Å². The van der Waals surface area contributed by atoms with E-state index in [4.69, 9.17) is 14.2 Å². The zero-order valence-electron chi connectivity index (χ0n) is 11.5. The SMILES string of the molecule is CCCC(OC)C(O)c1ccc(OC)cc1OC. The monoisotopic (exact) mass is 254 g/mol. The molecule has 0 saturated heterocycles. The average Bonchev–Trinajstić information content (AvgIpc) is 2.43. The molecule has 0 aliphatic heterocycles. The second kappa shape index (κ2) is 7.24. The topological polar surface area (TPSA) is 47.9 Å². The zero-order valence-corrected chi connectivity index (χ0v) is 11.5. The van der Waals surface area contributed by atoms with Crippen LogP contribution in [0.5, 0.6) is 11.5 Å². The van der Waals surface area contributed by atoms with Crippen molar-refractivity contribution in [3.8, 4) is 11.5 Å². The lowest BCUT2D eigenvalue weighted by Gasteiger charge is -2.23. The van der Waals surface area contributed by atoms with Gasteiger partial charge in [0, 0.05) is 18.7 Å². The van der Waals surface area contributed by atoms with Crippen LogP contribution in [-0.4, -0.2) is 32.5 Å². The highest BCUT2D eigenvalue weighted by Crippen LogP contribution is 2.32. The Hall–Kier alpha value is -1.26. The molecule has 0 amide bonds. The summed E-state index contributed by atoms with van der Waals surface area (Å²) in [6, 6.07) is 5.38. The van der Waals surface area contributed by atoms with Gasteiger partial charge in [-0.15, -0.1) is 0 Å². The highest BCUT2D eigenvalue weighted by molar-refractivity contribution is 5.42. The lowest BCUT2D eigenvalue weighted by atomic mass is 10.00. The summed E-state index contributed by atoms with van der Waals surface area (Å²) < 4.78 is 15.7. The molecular formula is C14H22O4. The predicted molar refractivity (Wildman–Crippen MR) is 70.2 cm³/mol. The van der Waals surface area contributed by atoms with Gasteiger partial charge in [-0.05, 0) is 18.6 Å². The van der Waals surface area contributed by atoms with E-state index in [1.807, 2.05) is 6.07 Å². The third-order valence-electron chi connectivity index (χ3n) is 2.99. The van der Waals surface area contributed by atoms with Gasteiger partial charge in [-0.1, -0.05) is 13.3 Å². The molecule has 1 aromatic rings. The molecule has 1 aromatic carbocycles. The van der Waals surface area contributed by atoms with Gasteiger partial charge in [0.1, 0.15) is 17.6 Å². The molecule has 0 spiro atoms. The van der Waals surface area contributed by atoms with Gasteiger partial charge < -0.3 is 19.3 Å². The van der Waals surface area contributed by atoms with Gasteiger partial charge in [0.15, 0.2) is 0 Å². The van der Waals surface area contributed by atoms with Crippen molar-refractivity contribution in [2.45, 2.75) is 32.0 Å². The molecule has 102 valence electrons. The minimum atomic E-state index is -0.698. The third-order valence-corrected chi connectivity index (χ3v) is 2.99. The summed E-state index contributed by atoms with van der Waals surface area (Å²) in [5, 5.41) is 10.3. The maximum absolute atomic E-state index is 10.3. The van der Waals surface area contributed by atoms with Crippen LogP contribution >= 0.6 is 0 Å². The molecule has 0 aliphatic rings. The van der Waals surface area contributed by atoms with E-state index < -0.39 is 6.10 Å². The van der Waals surface area contributed by atoms with Gasteiger partial charge in [-0.2, -0.15) is 0 Å². The van der Waals surface area contributed by atoms with Crippen molar-refractivity contribution in [2.24, 2.45) is 0 Å². The van der Waals surface area contributed by atoms with Gasteiger partial charge >= 0.3 is 0 Å². The molecule has 0 aliphatic carbocycles. The molecule has 18 heavy (non-hydrogen) atoms. The predicted octanol–water partition coefficient (Wildman–Crippen LogP) is 2.55. The fourth-order valence-electron chi connectivity index (χ4n) is 1.95. The number of aliphatic hydroxyl groups is 1. The summed E-state index contributed by atoms with van der Waals surface area (Å²) in [5.74, 6) is 1.31. The van der Waals surface area contributed by atoms with E-state index in [1.165, 1.54) is 0 Å². The summed E-state index contributed by atoms with van der Waals surface area (Å²) in [6.07, 6.45) is 0.828. The summed E-state index contributed by atoms with van der Waals surface area (Å²) in [7, 11) is 4.78. The maximum Gasteiger partial charge on any atom is 0.128 e. The van der Waals surface area contributed by atoms with Crippen LogP contribution in [0.1, 0.15) is 31.4 Å². The van der Waals surface area contributed by atoms with Crippen molar-refractivity contribution >= 4 is 0 Å². The molecule has 1 N–H and O–H groups in total. The highest BCUT2D eigenvalue weighted by atomic mass is 16.5. The van der Waals surface area contributed by atoms with Crippen LogP contribution in [0.15, 0.2) is 18.2 Å². The fraction of sp³-hybridized carbons (Fsp3) is 0.571. The van der Waals surface area contributed by atoms with Crippen LogP contribution in [0.4, 0.5) is 0 Å². The molecule has 4 heteroatoms. The van der Waals surface area contributed by atoms with Gasteiger partial charge in [-0.25, -0.2) is 0 Å². The number of aliphatic hydroxyl groups excluding tert-OH is 1. The molecule has 4 nitrogen and oxygen atoms in total. The van der Waals surface area contributed by atoms with Crippen molar-refractivity contribution in [1.29, 1.82) is 0 Å². The smallest absolute Gasteiger partial charge is 0.128 e. The molecular weight excluding hydrogens is 232 g/mol. The van der Waals surface area contributed by atoms with Crippen molar-refractivity contribution in [1.82, 2.24) is 0 Å². The summed E-state index contributed by atoms with van der Waals surface area (Å²) in [6.45, 7) is 2.06. The van der Waals surface area contributed by atoms with Gasteiger partial charge in [0.25, 0.3) is 0 Å². The van der Waals surface area contributed by atoms with Gasteiger partial charge in [0.2, 0.25) is 0 Å². The first-order chi connectivity index (χ1) is 8.67. The van der Waals surface area contributed by atoms with Crippen molar-refractivity contribution < 1.29 is 19.3 Å². The fourth-order valence-corrected chi connectivity index (χ4v) is 1.95. The van der Waals surface area contributed by atoms with E-state index in [0.29, 0.717) is 11.5 Å². The second-order valence-corrected chi connectivity index (χ2v) is 4.12. The number of rotatable bonds is 7. The molecule has 2 atom stereocenters. The largest absolute Gasteiger partial charge is 0.497 e. The number of benzene rings is 1. The third kappa shape index (κ3) is 3.37. The van der Waals surface area contributed by atoms with Crippen molar-refractivity contribution in [3.63, 3.8) is 0 Å². The van der Waals surface area contributed by atoms with Crippen LogP contribution in [0.3, 0.4) is 0 Å². The Morgan fingerprint density at radius 2 is 1.89 bits per heavy atom. The molecule has 1 rings (SSSR count). The Labute approximate surface area is 108 Å². The van der Waals surface area contributed by atoms with Gasteiger partial charge in [-0.3, -0.25) is 0 Å². The van der Waals surface area contributed by atoms with Crippen molar-refractivity contribution in [2.75, 3.05) is 21.3 Å². The van der Waals surface area contributed by atoms with Crippen LogP contribution in [0.2, 0.25) is 0 Å². The molecule has 2 unspecified atom stereocenters. The quantitative estimate of drug-likeness (QED) is 0.812. The Morgan fingerprint density at radius 1 is 1.17 bits per heavy atom. The van der Waals surface area contributed by atoms with E-state index in [1.54, 1.807) is 33.5 Å². The van der Waals surface area contributed by atoms with Crippen LogP contribution in [-0.2, 0) is 4.74 Å². The van der Waals surface area contributed by atoms with Crippen LogP contribution in [0, 0.1) is 0 Å². The molecule has 0 heterocycles. The number of hydrogen-bond donors (Lipinski definition) is 1. The minimum absolute atomic E-state index is 0.225. The molecule has 0 saturated carbocycles. The number of ether oxygens (including phenoxy) is 3. The summed E-state index contributed by atoms with van der Waals surface area (Å²) >= 11 is 0. The number of methoxy groups -OCH3 is 3. The van der Waals surface area contributed by atoms with E-state index in [0.717, 1.165) is 18.4 Å². The Bertz CT molecular complexity index is 365. The molecule has 0 aromatic heterocycles. The van der Waals surface area contributed by atoms with Crippen molar-refractivity contribution in [3.05, 3.63) is 23.8 Å². The maximum atomic E-state index is 10.3. The first kappa shape index (κ1) is 14.8. The molecule has 0 radical (unpaired) electrons. The molecule has 0 fully saturated rings. The Kier molecular flexibility index (Phi) is 5.95. The normalized spacial score (nSPS) is 14.1. The standard InChI is InChI=1S/C14H22O4/c1-5-6-12(17-3)14(15)11-8-7-10(16-2)9-13(11)18-4/h7-9,12,14-15H,5-6H2,1-4H3. The lowest BCUT2D eigenvalue weighted by Crippen LogP contribution is -2.21. The summed E-state index contributed by atoms with van der Waals surface area (Å²) in [5.41, 5.74) is 0.721. The van der Waals surface area contributed by atoms with E-state index >= 15 is 0 Å². The summed E-state index contributed by atoms with van der Waals surface area (Å²) in [4.78, 5) is 0. The van der Waals surface area contributed by atoms with Crippen LogP contribution < -0.4 is 9.47 Å². The zero-order chi connectivity index (χ0) is 13.5. The molecule has 0 bridgehead atoms. The van der Waals surface area contributed by atoms with E-state index in [9.17, 15) is 5.11 Å². The van der Waals surface area contributed by atoms with E-state index in [2.05, 4.69) is 6.92 Å².